The molecule has 3 aromatic carbocycles. The van der Waals surface area contributed by atoms with Gasteiger partial charge in [0.2, 0.25) is 0 Å². The molecule has 3 aromatic rings. The van der Waals surface area contributed by atoms with Gasteiger partial charge in [0.25, 0.3) is 10.1 Å². The van der Waals surface area contributed by atoms with Crippen LogP contribution in [0.25, 0.3) is 10.8 Å². The van der Waals surface area contributed by atoms with Crippen LogP contribution in [-0.4, -0.2) is 18.1 Å². The van der Waals surface area contributed by atoms with Gasteiger partial charge in [-0.15, -0.1) is 0 Å². The fourth-order valence-corrected chi connectivity index (χ4v) is 2.30. The zero-order valence-corrected chi connectivity index (χ0v) is 12.4. The van der Waals surface area contributed by atoms with Crippen LogP contribution in [0.2, 0.25) is 0 Å². The van der Waals surface area contributed by atoms with Gasteiger partial charge in [-0.25, -0.2) is 0 Å². The van der Waals surface area contributed by atoms with E-state index < -0.39 is 10.1 Å². The minimum Gasteiger partial charge on any atom is -0.508 e. The number of hydrogen-bond acceptors (Lipinski definition) is 4. The van der Waals surface area contributed by atoms with Crippen LogP contribution in [0.5, 0.6) is 5.75 Å². The normalized spacial score (nSPS) is 10.8. The van der Waals surface area contributed by atoms with Crippen molar-refractivity contribution < 1.29 is 18.1 Å². The first kappa shape index (κ1) is 15.8. The van der Waals surface area contributed by atoms with E-state index in [4.69, 9.17) is 15.4 Å². The molecular weight excluding hydrogens is 302 g/mol. The summed E-state index contributed by atoms with van der Waals surface area (Å²) in [6, 6.07) is 18.6. The summed E-state index contributed by atoms with van der Waals surface area (Å²) in [4.78, 5) is -0.147. The first-order valence-electron chi connectivity index (χ1n) is 6.37. The molecule has 0 aliphatic heterocycles. The summed E-state index contributed by atoms with van der Waals surface area (Å²) in [5, 5.41) is 11.4. The number of nitrogen functional groups attached to an aromatic ring is 1. The van der Waals surface area contributed by atoms with Gasteiger partial charge in [-0.3, -0.25) is 4.55 Å². The van der Waals surface area contributed by atoms with Gasteiger partial charge >= 0.3 is 0 Å². The molecule has 114 valence electrons. The molecule has 0 amide bonds. The van der Waals surface area contributed by atoms with Crippen LogP contribution in [0.4, 0.5) is 5.69 Å². The summed E-state index contributed by atoms with van der Waals surface area (Å²) in [7, 11) is -4.08. The molecule has 0 bridgehead atoms. The molecule has 22 heavy (non-hydrogen) atoms. The van der Waals surface area contributed by atoms with Crippen molar-refractivity contribution >= 4 is 26.6 Å². The molecule has 0 atom stereocenters. The zero-order chi connectivity index (χ0) is 16.2. The van der Waals surface area contributed by atoms with E-state index in [-0.39, 0.29) is 4.90 Å². The Labute approximate surface area is 128 Å². The van der Waals surface area contributed by atoms with Gasteiger partial charge < -0.3 is 10.8 Å². The topological polar surface area (TPSA) is 101 Å². The zero-order valence-electron chi connectivity index (χ0n) is 11.5. The van der Waals surface area contributed by atoms with Crippen molar-refractivity contribution in [1.82, 2.24) is 0 Å². The molecule has 0 aliphatic carbocycles. The van der Waals surface area contributed by atoms with E-state index in [9.17, 15) is 8.42 Å². The molecule has 6 heteroatoms. The van der Waals surface area contributed by atoms with Gasteiger partial charge in [0.1, 0.15) is 5.75 Å². The Morgan fingerprint density at radius 2 is 1.41 bits per heavy atom. The fraction of sp³-hybridized carbons (Fsp3) is 0. The number of benzene rings is 3. The highest BCUT2D eigenvalue weighted by molar-refractivity contribution is 7.85. The number of phenolic OH excluding ortho intramolecular Hbond substituents is 1. The van der Waals surface area contributed by atoms with Crippen LogP contribution < -0.4 is 5.73 Å². The second kappa shape index (κ2) is 6.46. The Balaban J connectivity index is 0.000000160. The maximum Gasteiger partial charge on any atom is 0.294 e. The molecule has 0 aromatic heterocycles. The summed E-state index contributed by atoms with van der Waals surface area (Å²) in [5.41, 5.74) is 5.75. The Morgan fingerprint density at radius 3 is 2.00 bits per heavy atom. The van der Waals surface area contributed by atoms with E-state index in [0.717, 1.165) is 10.8 Å². The third kappa shape index (κ3) is 4.21. The summed E-state index contributed by atoms with van der Waals surface area (Å²) in [6.45, 7) is 0. The third-order valence-corrected chi connectivity index (χ3v) is 3.78. The van der Waals surface area contributed by atoms with Gasteiger partial charge in [0.15, 0.2) is 0 Å². The number of nitrogens with two attached hydrogens (primary N) is 1. The highest BCUT2D eigenvalue weighted by Crippen LogP contribution is 2.18. The number of fused-ring (bicyclic) bond motifs is 1. The average molecular weight is 317 g/mol. The highest BCUT2D eigenvalue weighted by Gasteiger charge is 2.06. The molecule has 0 saturated heterocycles. The molecule has 0 saturated carbocycles. The molecule has 0 spiro atoms. The highest BCUT2D eigenvalue weighted by atomic mass is 32.2. The van der Waals surface area contributed by atoms with Crippen molar-refractivity contribution in [2.45, 2.75) is 4.90 Å². The third-order valence-electron chi connectivity index (χ3n) is 2.91. The van der Waals surface area contributed by atoms with Crippen molar-refractivity contribution in [3.05, 3.63) is 66.7 Å². The summed E-state index contributed by atoms with van der Waals surface area (Å²) < 4.78 is 29.4. The van der Waals surface area contributed by atoms with E-state index in [1.807, 2.05) is 30.3 Å². The number of rotatable bonds is 1. The van der Waals surface area contributed by atoms with Gasteiger partial charge in [-0.2, -0.15) is 8.42 Å². The lowest BCUT2D eigenvalue weighted by molar-refractivity contribution is 0.476. The average Bonchev–Trinajstić information content (AvgIpc) is 2.47. The lowest BCUT2D eigenvalue weighted by Crippen LogP contribution is -1.97. The lowest BCUT2D eigenvalue weighted by Gasteiger charge is -1.96. The van der Waals surface area contributed by atoms with Crippen LogP contribution in [0.3, 0.4) is 0 Å². The summed E-state index contributed by atoms with van der Waals surface area (Å²) in [5.74, 6) is 0.323. The minimum absolute atomic E-state index is 0.147. The largest absolute Gasteiger partial charge is 0.508 e. The minimum atomic E-state index is -4.08. The molecule has 0 radical (unpaired) electrons. The number of phenols is 1. The first-order valence-corrected chi connectivity index (χ1v) is 7.81. The SMILES string of the molecule is Nc1ccc(S(=O)(=O)O)cc1.Oc1ccc2ccccc2c1. The Bertz CT molecular complexity index is 874. The van der Waals surface area contributed by atoms with E-state index in [0.29, 0.717) is 11.4 Å². The predicted octanol–water partition coefficient (Wildman–Crippen LogP) is 3.06. The van der Waals surface area contributed by atoms with Crippen LogP contribution in [0, 0.1) is 0 Å². The van der Waals surface area contributed by atoms with Crippen LogP contribution >= 0.6 is 0 Å². The molecule has 5 nitrogen and oxygen atoms in total. The quantitative estimate of drug-likeness (QED) is 0.473. The van der Waals surface area contributed by atoms with E-state index in [1.165, 1.54) is 24.3 Å². The second-order valence-corrected chi connectivity index (χ2v) is 6.00. The van der Waals surface area contributed by atoms with Crippen LogP contribution in [-0.2, 0) is 10.1 Å². The van der Waals surface area contributed by atoms with Crippen molar-refractivity contribution in [2.75, 3.05) is 5.73 Å². The smallest absolute Gasteiger partial charge is 0.294 e. The monoisotopic (exact) mass is 317 g/mol. The van der Waals surface area contributed by atoms with Crippen molar-refractivity contribution in [1.29, 1.82) is 0 Å². The van der Waals surface area contributed by atoms with Gasteiger partial charge in [0, 0.05) is 5.69 Å². The van der Waals surface area contributed by atoms with Crippen molar-refractivity contribution in [2.24, 2.45) is 0 Å². The van der Waals surface area contributed by atoms with Gasteiger partial charge in [0.05, 0.1) is 4.90 Å². The predicted molar refractivity (Wildman–Crippen MR) is 86.3 cm³/mol. The standard InChI is InChI=1S/C10H8O.C6H7NO3S/c11-10-6-5-8-3-1-2-4-9(8)7-10;7-5-1-3-6(4-2-5)11(8,9)10/h1-7,11H;1-4H,7H2,(H,8,9,10). The summed E-state index contributed by atoms with van der Waals surface area (Å²) in [6.07, 6.45) is 0. The van der Waals surface area contributed by atoms with Crippen molar-refractivity contribution in [3.63, 3.8) is 0 Å². The molecular formula is C16H15NO4S. The molecule has 0 unspecified atom stereocenters. The second-order valence-electron chi connectivity index (χ2n) is 4.58. The van der Waals surface area contributed by atoms with E-state index in [1.54, 1.807) is 12.1 Å². The Morgan fingerprint density at radius 1 is 0.818 bits per heavy atom. The fourth-order valence-electron chi connectivity index (χ4n) is 1.82. The van der Waals surface area contributed by atoms with Gasteiger partial charge in [-0.1, -0.05) is 30.3 Å². The van der Waals surface area contributed by atoms with Crippen LogP contribution in [0.15, 0.2) is 71.6 Å². The Kier molecular flexibility index (Phi) is 4.65. The molecule has 0 heterocycles. The number of anilines is 1. The maximum absolute atomic E-state index is 10.5. The number of hydrogen-bond donors (Lipinski definition) is 3. The maximum atomic E-state index is 10.5. The first-order chi connectivity index (χ1) is 10.4. The van der Waals surface area contributed by atoms with Crippen LogP contribution in [0.1, 0.15) is 0 Å². The Hall–Kier alpha value is -2.57. The molecule has 0 aliphatic rings. The molecule has 4 N–H and O–H groups in total. The molecule has 3 rings (SSSR count). The van der Waals surface area contributed by atoms with E-state index >= 15 is 0 Å². The molecule has 0 fully saturated rings. The van der Waals surface area contributed by atoms with E-state index in [2.05, 4.69) is 0 Å². The number of aromatic hydroxyl groups is 1. The lowest BCUT2D eigenvalue weighted by atomic mass is 10.1. The van der Waals surface area contributed by atoms with Crippen molar-refractivity contribution in [3.8, 4) is 5.75 Å². The summed E-state index contributed by atoms with van der Waals surface area (Å²) >= 11 is 0. The van der Waals surface area contributed by atoms with Gasteiger partial charge in [-0.05, 0) is 47.2 Å².